The van der Waals surface area contributed by atoms with Crippen LogP contribution in [0.1, 0.15) is 27.7 Å². The van der Waals surface area contributed by atoms with E-state index < -0.39 is 17.7 Å². The van der Waals surface area contributed by atoms with Crippen molar-refractivity contribution in [3.05, 3.63) is 29.3 Å². The lowest BCUT2D eigenvalue weighted by Crippen LogP contribution is -2.54. The van der Waals surface area contributed by atoms with Crippen molar-refractivity contribution in [2.24, 2.45) is 0 Å². The van der Waals surface area contributed by atoms with E-state index in [1.807, 2.05) is 0 Å². The lowest BCUT2D eigenvalue weighted by Gasteiger charge is -2.30. The first-order chi connectivity index (χ1) is 8.72. The quantitative estimate of drug-likeness (QED) is 0.873. The molecule has 1 amide bonds. The molecule has 2 unspecified atom stereocenters. The van der Waals surface area contributed by atoms with Crippen molar-refractivity contribution in [1.82, 2.24) is 5.32 Å². The highest BCUT2D eigenvalue weighted by atomic mass is 35.5. The molecular weight excluding hydrogens is 266 g/mol. The van der Waals surface area contributed by atoms with Gasteiger partial charge in [-0.05, 0) is 45.9 Å². The Kier molecular flexibility index (Phi) is 5.20. The lowest BCUT2D eigenvalue weighted by molar-refractivity contribution is -0.130. The van der Waals surface area contributed by atoms with Gasteiger partial charge in [0.15, 0.2) is 6.10 Å². The maximum absolute atomic E-state index is 12.0. The van der Waals surface area contributed by atoms with Crippen LogP contribution in [0.4, 0.5) is 0 Å². The third-order valence-electron chi connectivity index (χ3n) is 2.97. The van der Waals surface area contributed by atoms with E-state index in [2.05, 4.69) is 5.32 Å². The van der Waals surface area contributed by atoms with Crippen molar-refractivity contribution in [2.45, 2.75) is 45.4 Å². The number of aliphatic hydroxyl groups is 1. The molecule has 4 nitrogen and oxygen atoms in total. The van der Waals surface area contributed by atoms with E-state index in [-0.39, 0.29) is 5.91 Å². The summed E-state index contributed by atoms with van der Waals surface area (Å²) in [6.07, 6.45) is -1.33. The molecule has 0 bridgehead atoms. The minimum atomic E-state index is -0.705. The number of carbonyl (C=O) groups excluding carboxylic acids is 1. The van der Waals surface area contributed by atoms with Crippen molar-refractivity contribution < 1.29 is 14.6 Å². The van der Waals surface area contributed by atoms with Gasteiger partial charge < -0.3 is 15.2 Å². The number of ether oxygens (including phenoxy) is 1. The Hall–Kier alpha value is -1.26. The molecule has 0 aliphatic carbocycles. The number of amides is 1. The number of carbonyl (C=O) groups is 1. The van der Waals surface area contributed by atoms with Crippen molar-refractivity contribution in [1.29, 1.82) is 0 Å². The average Bonchev–Trinajstić information content (AvgIpc) is 2.28. The maximum atomic E-state index is 12.0. The first kappa shape index (κ1) is 15.8. The van der Waals surface area contributed by atoms with Gasteiger partial charge in [0.25, 0.3) is 5.91 Å². The normalized spacial score (nSPS) is 14.6. The average molecular weight is 286 g/mol. The predicted octanol–water partition coefficient (Wildman–Crippen LogP) is 2.38. The lowest BCUT2D eigenvalue weighted by atomic mass is 9.98. The molecule has 1 aromatic rings. The molecule has 0 heterocycles. The molecule has 2 N–H and O–H groups in total. The molecule has 106 valence electrons. The molecular formula is C14H20ClNO3. The smallest absolute Gasteiger partial charge is 0.261 e. The Morgan fingerprint density at radius 3 is 2.58 bits per heavy atom. The second-order valence-corrected chi connectivity index (χ2v) is 5.54. The van der Waals surface area contributed by atoms with Crippen LogP contribution in [0.25, 0.3) is 0 Å². The third-order valence-corrected chi connectivity index (χ3v) is 3.20. The first-order valence-electron chi connectivity index (χ1n) is 6.14. The number of rotatable bonds is 5. The number of hydrogen-bond donors (Lipinski definition) is 2. The highest BCUT2D eigenvalue weighted by Crippen LogP contribution is 2.18. The molecule has 0 aliphatic rings. The molecule has 0 saturated carbocycles. The van der Waals surface area contributed by atoms with Crippen LogP contribution in [-0.2, 0) is 4.79 Å². The number of halogens is 1. The molecule has 5 heteroatoms. The van der Waals surface area contributed by atoms with E-state index in [9.17, 15) is 9.90 Å². The molecule has 2 atom stereocenters. The fraction of sp³-hybridized carbons (Fsp3) is 0.500. The third kappa shape index (κ3) is 4.73. The van der Waals surface area contributed by atoms with Gasteiger partial charge in [-0.3, -0.25) is 4.79 Å². The van der Waals surface area contributed by atoms with E-state index in [0.29, 0.717) is 10.8 Å². The first-order valence-corrected chi connectivity index (χ1v) is 6.52. The predicted molar refractivity (Wildman–Crippen MR) is 75.4 cm³/mol. The Morgan fingerprint density at radius 1 is 1.42 bits per heavy atom. The highest BCUT2D eigenvalue weighted by molar-refractivity contribution is 6.30. The molecule has 0 spiro atoms. The molecule has 0 fully saturated rings. The number of nitrogens with one attached hydrogen (secondary N) is 1. The zero-order chi connectivity index (χ0) is 14.6. The Balaban J connectivity index is 2.63. The van der Waals surface area contributed by atoms with Gasteiger partial charge in [0.2, 0.25) is 0 Å². The summed E-state index contributed by atoms with van der Waals surface area (Å²) in [6, 6.07) is 6.86. The van der Waals surface area contributed by atoms with Crippen LogP contribution in [0.15, 0.2) is 24.3 Å². The number of benzene rings is 1. The van der Waals surface area contributed by atoms with Crippen molar-refractivity contribution >= 4 is 17.5 Å². The number of hydrogen-bond acceptors (Lipinski definition) is 3. The van der Waals surface area contributed by atoms with Crippen LogP contribution < -0.4 is 10.1 Å². The van der Waals surface area contributed by atoms with Crippen molar-refractivity contribution in [3.8, 4) is 5.75 Å². The van der Waals surface area contributed by atoms with Gasteiger partial charge in [0.05, 0.1) is 11.6 Å². The summed E-state index contributed by atoms with van der Waals surface area (Å²) in [5.74, 6) is 0.246. The monoisotopic (exact) mass is 285 g/mol. The molecule has 0 aliphatic heterocycles. The van der Waals surface area contributed by atoms with Gasteiger partial charge in [-0.15, -0.1) is 0 Å². The maximum Gasteiger partial charge on any atom is 0.261 e. The molecule has 0 radical (unpaired) electrons. The Bertz CT molecular complexity index is 446. The van der Waals surface area contributed by atoms with E-state index >= 15 is 0 Å². The summed E-state index contributed by atoms with van der Waals surface area (Å²) >= 11 is 5.84. The fourth-order valence-electron chi connectivity index (χ4n) is 1.32. The van der Waals surface area contributed by atoms with Gasteiger partial charge in [-0.25, -0.2) is 0 Å². The summed E-state index contributed by atoms with van der Waals surface area (Å²) in [4.78, 5) is 12.0. The zero-order valence-corrected chi connectivity index (χ0v) is 12.4. The second kappa shape index (κ2) is 6.26. The highest BCUT2D eigenvalue weighted by Gasteiger charge is 2.28. The topological polar surface area (TPSA) is 58.6 Å². The van der Waals surface area contributed by atoms with Gasteiger partial charge in [-0.1, -0.05) is 17.7 Å². The SMILES string of the molecule is CC(Oc1cccc(Cl)c1)C(=O)NC(C)(C)C(C)O. The molecule has 1 aromatic carbocycles. The molecule has 1 rings (SSSR count). The van der Waals surface area contributed by atoms with Crippen LogP contribution in [0, 0.1) is 0 Å². The van der Waals surface area contributed by atoms with E-state index in [4.69, 9.17) is 16.3 Å². The van der Waals surface area contributed by atoms with Gasteiger partial charge in [0, 0.05) is 5.02 Å². The Morgan fingerprint density at radius 2 is 2.05 bits per heavy atom. The number of aliphatic hydroxyl groups excluding tert-OH is 1. The Labute approximate surface area is 118 Å². The van der Waals surface area contributed by atoms with Gasteiger partial charge >= 0.3 is 0 Å². The van der Waals surface area contributed by atoms with Crippen LogP contribution in [0.2, 0.25) is 5.02 Å². The second-order valence-electron chi connectivity index (χ2n) is 5.10. The van der Waals surface area contributed by atoms with E-state index in [0.717, 1.165) is 0 Å². The van der Waals surface area contributed by atoms with Crippen LogP contribution >= 0.6 is 11.6 Å². The van der Waals surface area contributed by atoms with E-state index in [1.54, 1.807) is 52.0 Å². The fourth-order valence-corrected chi connectivity index (χ4v) is 1.50. The molecule has 0 saturated heterocycles. The van der Waals surface area contributed by atoms with Crippen LogP contribution in [0.5, 0.6) is 5.75 Å². The van der Waals surface area contributed by atoms with E-state index in [1.165, 1.54) is 0 Å². The summed E-state index contributed by atoms with van der Waals surface area (Å²) < 4.78 is 5.50. The van der Waals surface area contributed by atoms with Crippen molar-refractivity contribution in [3.63, 3.8) is 0 Å². The van der Waals surface area contributed by atoms with Crippen LogP contribution in [-0.4, -0.2) is 28.8 Å². The van der Waals surface area contributed by atoms with Crippen LogP contribution in [0.3, 0.4) is 0 Å². The summed E-state index contributed by atoms with van der Waals surface area (Å²) in [7, 11) is 0. The largest absolute Gasteiger partial charge is 0.481 e. The summed E-state index contributed by atoms with van der Waals surface area (Å²) in [5, 5.41) is 12.9. The van der Waals surface area contributed by atoms with Crippen molar-refractivity contribution in [2.75, 3.05) is 0 Å². The summed E-state index contributed by atoms with van der Waals surface area (Å²) in [6.45, 7) is 6.78. The summed E-state index contributed by atoms with van der Waals surface area (Å²) in [5.41, 5.74) is -0.705. The minimum Gasteiger partial charge on any atom is -0.481 e. The van der Waals surface area contributed by atoms with Gasteiger partial charge in [-0.2, -0.15) is 0 Å². The van der Waals surface area contributed by atoms with Gasteiger partial charge in [0.1, 0.15) is 5.75 Å². The minimum absolute atomic E-state index is 0.286. The molecule has 19 heavy (non-hydrogen) atoms. The molecule has 0 aromatic heterocycles. The zero-order valence-electron chi connectivity index (χ0n) is 11.6. The standard InChI is InChI=1S/C14H20ClNO3/c1-9(13(18)16-14(3,4)10(2)17)19-12-7-5-6-11(15)8-12/h5-10,17H,1-4H3,(H,16,18).